The summed E-state index contributed by atoms with van der Waals surface area (Å²) in [5, 5.41) is 29.2. The molecule has 8 rings (SSSR count). The molecular weight excluding hydrogens is 767 g/mol. The Morgan fingerprint density at radius 2 is 1.40 bits per heavy atom. The SMILES string of the molecule is COc1cccc(F)c1-c1cc(C)c2nc(N)nnc2c1.Cc1cc(-c2c(O)cccc2F)cc2nnc(Nc3ccc(S(=O)(=O)NCCN4CCCC4)cc3)nc12. The van der Waals surface area contributed by atoms with Crippen LogP contribution in [0, 0.1) is 25.5 Å². The Kier molecular flexibility index (Phi) is 11.6. The summed E-state index contributed by atoms with van der Waals surface area (Å²) in [6, 6.07) is 22.1. The number of anilines is 3. The van der Waals surface area contributed by atoms with Gasteiger partial charge in [0.15, 0.2) is 0 Å². The number of benzene rings is 5. The molecule has 2 aromatic heterocycles. The second kappa shape index (κ2) is 17.0. The standard InChI is InChI=1S/C26H27FN6O3S.C15H13FN4O/c1-17-15-18(24-21(27)5-4-6-23(24)34)16-22-25(17)30-26(32-31-22)29-19-7-9-20(10-8-19)37(35,36)28-11-14-33-12-2-3-13-33;1-8-6-9(7-11-14(8)18-15(17)20-19-11)13-10(16)4-3-5-12(13)21-2/h4-10,15-16,28,34H,2-3,11-14H2,1H3,(H,29,30,32);3-7H,1-2H3,(H2,17,18,20). The molecule has 0 unspecified atom stereocenters. The summed E-state index contributed by atoms with van der Waals surface area (Å²) in [5.74, 6) is -0.247. The highest BCUT2D eigenvalue weighted by Crippen LogP contribution is 2.36. The molecule has 1 aliphatic rings. The van der Waals surface area contributed by atoms with E-state index in [4.69, 9.17) is 10.5 Å². The highest BCUT2D eigenvalue weighted by molar-refractivity contribution is 7.89. The fourth-order valence-corrected chi connectivity index (χ4v) is 7.83. The molecule has 0 aliphatic carbocycles. The van der Waals surface area contributed by atoms with Gasteiger partial charge in [0.25, 0.3) is 0 Å². The number of hydrogen-bond acceptors (Lipinski definition) is 13. The quantitative estimate of drug-likeness (QED) is 0.114. The van der Waals surface area contributed by atoms with Crippen LogP contribution in [0.2, 0.25) is 0 Å². The van der Waals surface area contributed by atoms with Crippen LogP contribution in [0.25, 0.3) is 44.3 Å². The molecule has 3 heterocycles. The van der Waals surface area contributed by atoms with Crippen molar-refractivity contribution in [3.63, 3.8) is 0 Å². The maximum atomic E-state index is 14.3. The first kappa shape index (κ1) is 39.8. The summed E-state index contributed by atoms with van der Waals surface area (Å²) in [6.45, 7) is 6.79. The van der Waals surface area contributed by atoms with Crippen molar-refractivity contribution >= 4 is 49.7 Å². The van der Waals surface area contributed by atoms with Gasteiger partial charge in [-0.05, 0) is 135 Å². The zero-order valence-electron chi connectivity index (χ0n) is 31.9. The lowest BCUT2D eigenvalue weighted by Gasteiger charge is -2.15. The highest BCUT2D eigenvalue weighted by Gasteiger charge is 2.18. The second-order valence-electron chi connectivity index (χ2n) is 13.7. The lowest BCUT2D eigenvalue weighted by molar-refractivity contribution is 0.344. The predicted octanol–water partition coefficient (Wildman–Crippen LogP) is 6.69. The molecule has 0 saturated carbocycles. The average molecular weight is 807 g/mol. The van der Waals surface area contributed by atoms with Gasteiger partial charge in [0.05, 0.1) is 34.2 Å². The molecule has 0 atom stereocenters. The average Bonchev–Trinajstić information content (AvgIpc) is 3.72. The van der Waals surface area contributed by atoms with E-state index in [0.29, 0.717) is 63.3 Å². The van der Waals surface area contributed by atoms with E-state index in [0.717, 1.165) is 37.1 Å². The minimum atomic E-state index is -3.60. The van der Waals surface area contributed by atoms with Gasteiger partial charge in [0.2, 0.25) is 21.9 Å². The number of aromatic hydroxyl groups is 1. The van der Waals surface area contributed by atoms with E-state index in [9.17, 15) is 22.3 Å². The smallest absolute Gasteiger partial charge is 0.247 e. The summed E-state index contributed by atoms with van der Waals surface area (Å²) in [6.07, 6.45) is 2.33. The van der Waals surface area contributed by atoms with Gasteiger partial charge in [-0.25, -0.2) is 31.9 Å². The van der Waals surface area contributed by atoms with Crippen LogP contribution < -0.4 is 20.5 Å². The maximum Gasteiger partial charge on any atom is 0.247 e. The first-order chi connectivity index (χ1) is 27.9. The van der Waals surface area contributed by atoms with Gasteiger partial charge in [0.1, 0.15) is 34.2 Å². The van der Waals surface area contributed by atoms with E-state index in [1.54, 1.807) is 42.5 Å². The Hall–Kier alpha value is -6.43. The maximum absolute atomic E-state index is 14.3. The number of likely N-dealkylation sites (tertiary alicyclic amines) is 1. The number of aromatic nitrogens is 6. The molecule has 1 fully saturated rings. The van der Waals surface area contributed by atoms with Crippen LogP contribution in [0.4, 0.5) is 26.4 Å². The third-order valence-electron chi connectivity index (χ3n) is 9.62. The molecule has 1 aliphatic heterocycles. The number of phenols is 1. The Bertz CT molecular complexity index is 2710. The van der Waals surface area contributed by atoms with Crippen molar-refractivity contribution in [1.29, 1.82) is 0 Å². The fraction of sp³-hybridized carbons (Fsp3) is 0.220. The van der Waals surface area contributed by atoms with Gasteiger partial charge in [-0.15, -0.1) is 20.4 Å². The van der Waals surface area contributed by atoms with Crippen molar-refractivity contribution < 1.29 is 27.0 Å². The number of aryl methyl sites for hydroxylation is 2. The summed E-state index contributed by atoms with van der Waals surface area (Å²) in [4.78, 5) is 11.1. The topological polar surface area (TPSA) is 194 Å². The first-order valence-electron chi connectivity index (χ1n) is 18.4. The van der Waals surface area contributed by atoms with Crippen LogP contribution in [0.5, 0.6) is 11.5 Å². The van der Waals surface area contributed by atoms with Gasteiger partial charge in [0, 0.05) is 18.8 Å². The number of hydrogen-bond donors (Lipinski definition) is 4. The van der Waals surface area contributed by atoms with E-state index in [-0.39, 0.29) is 33.9 Å². The van der Waals surface area contributed by atoms with Gasteiger partial charge in [-0.2, -0.15) is 0 Å². The molecule has 17 heteroatoms. The number of nitrogen functional groups attached to an aromatic ring is 1. The van der Waals surface area contributed by atoms with Crippen molar-refractivity contribution in [2.24, 2.45) is 0 Å². The van der Waals surface area contributed by atoms with Gasteiger partial charge in [-0.1, -0.05) is 12.1 Å². The number of halogens is 2. The molecule has 0 amide bonds. The number of ether oxygens (including phenoxy) is 1. The van der Waals surface area contributed by atoms with E-state index >= 15 is 0 Å². The summed E-state index contributed by atoms with van der Waals surface area (Å²) in [5.41, 5.74) is 11.6. The monoisotopic (exact) mass is 806 g/mol. The Morgan fingerprint density at radius 3 is 2.05 bits per heavy atom. The molecule has 14 nitrogen and oxygen atoms in total. The second-order valence-corrected chi connectivity index (χ2v) is 15.4. The van der Waals surface area contributed by atoms with Crippen molar-refractivity contribution in [2.75, 3.05) is 44.3 Å². The van der Waals surface area contributed by atoms with E-state index in [1.807, 2.05) is 19.9 Å². The number of fused-ring (bicyclic) bond motifs is 2. The Morgan fingerprint density at radius 1 is 0.793 bits per heavy atom. The van der Waals surface area contributed by atoms with Gasteiger partial charge < -0.3 is 25.8 Å². The number of nitrogens with two attached hydrogens (primary N) is 1. The molecule has 0 spiro atoms. The molecular formula is C41H40F2N10O4S. The van der Waals surface area contributed by atoms with Crippen LogP contribution in [0.1, 0.15) is 24.0 Å². The molecule has 298 valence electrons. The van der Waals surface area contributed by atoms with Crippen molar-refractivity contribution in [3.05, 3.63) is 108 Å². The first-order valence-corrected chi connectivity index (χ1v) is 19.8. The largest absolute Gasteiger partial charge is 0.507 e. The molecule has 0 bridgehead atoms. The zero-order valence-corrected chi connectivity index (χ0v) is 32.7. The fourth-order valence-electron chi connectivity index (χ4n) is 6.81. The minimum absolute atomic E-state index is 0.0945. The number of nitrogens with zero attached hydrogens (tertiary/aromatic N) is 7. The summed E-state index contributed by atoms with van der Waals surface area (Å²) < 4.78 is 61.6. The molecule has 58 heavy (non-hydrogen) atoms. The lowest BCUT2D eigenvalue weighted by Crippen LogP contribution is -2.33. The molecule has 5 aromatic carbocycles. The van der Waals surface area contributed by atoms with Crippen LogP contribution >= 0.6 is 0 Å². The third kappa shape index (κ3) is 8.76. The van der Waals surface area contributed by atoms with E-state index < -0.39 is 15.8 Å². The van der Waals surface area contributed by atoms with Crippen molar-refractivity contribution in [3.8, 4) is 33.8 Å². The van der Waals surface area contributed by atoms with E-state index in [1.165, 1.54) is 43.5 Å². The van der Waals surface area contributed by atoms with Crippen LogP contribution in [0.15, 0.2) is 89.8 Å². The normalized spacial score (nSPS) is 13.1. The van der Waals surface area contributed by atoms with E-state index in [2.05, 4.69) is 45.3 Å². The number of phenolic OH excluding ortho intramolecular Hbond substituents is 1. The summed E-state index contributed by atoms with van der Waals surface area (Å²) >= 11 is 0. The number of methoxy groups -OCH3 is 1. The number of sulfonamides is 1. The third-order valence-corrected chi connectivity index (χ3v) is 11.1. The number of rotatable bonds is 10. The Labute approximate surface area is 333 Å². The Balaban J connectivity index is 0.000000206. The molecule has 7 aromatic rings. The molecule has 5 N–H and O–H groups in total. The van der Waals surface area contributed by atoms with Crippen molar-refractivity contribution in [2.45, 2.75) is 31.6 Å². The van der Waals surface area contributed by atoms with Gasteiger partial charge in [-0.3, -0.25) is 0 Å². The lowest BCUT2D eigenvalue weighted by atomic mass is 10.0. The predicted molar refractivity (Wildman–Crippen MR) is 218 cm³/mol. The highest BCUT2D eigenvalue weighted by atomic mass is 32.2. The molecule has 0 radical (unpaired) electrons. The molecule has 1 saturated heterocycles. The van der Waals surface area contributed by atoms with Crippen LogP contribution in [-0.4, -0.2) is 82.1 Å². The van der Waals surface area contributed by atoms with Crippen molar-refractivity contribution in [1.82, 2.24) is 40.0 Å². The summed E-state index contributed by atoms with van der Waals surface area (Å²) in [7, 11) is -2.09. The number of nitrogens with one attached hydrogen (secondary N) is 2. The van der Waals surface area contributed by atoms with Crippen LogP contribution in [-0.2, 0) is 10.0 Å². The zero-order chi connectivity index (χ0) is 41.0. The minimum Gasteiger partial charge on any atom is -0.507 e. The van der Waals surface area contributed by atoms with Crippen LogP contribution in [0.3, 0.4) is 0 Å². The van der Waals surface area contributed by atoms with Gasteiger partial charge >= 0.3 is 0 Å².